The minimum atomic E-state index is -0.452. The van der Waals surface area contributed by atoms with Crippen LogP contribution in [0.5, 0.6) is 5.75 Å². The topological polar surface area (TPSA) is 88.2 Å². The van der Waals surface area contributed by atoms with E-state index in [1.54, 1.807) is 30.1 Å². The molecule has 1 N–H and O–H groups in total. The zero-order valence-corrected chi connectivity index (χ0v) is 21.8. The van der Waals surface area contributed by atoms with Gasteiger partial charge in [0, 0.05) is 44.4 Å². The van der Waals surface area contributed by atoms with Gasteiger partial charge in [-0.15, -0.1) is 0 Å². The van der Waals surface area contributed by atoms with E-state index in [0.717, 1.165) is 43.3 Å². The summed E-state index contributed by atoms with van der Waals surface area (Å²) in [5.74, 6) is 0.221. The van der Waals surface area contributed by atoms with Crippen LogP contribution in [0.4, 0.5) is 10.5 Å². The summed E-state index contributed by atoms with van der Waals surface area (Å²) in [5, 5.41) is 2.90. The summed E-state index contributed by atoms with van der Waals surface area (Å²) in [7, 11) is 3.23. The predicted molar refractivity (Wildman–Crippen MR) is 147 cm³/mol. The van der Waals surface area contributed by atoms with Gasteiger partial charge in [0.1, 0.15) is 18.1 Å². The maximum atomic E-state index is 12.9. The van der Waals surface area contributed by atoms with E-state index in [1.807, 2.05) is 54.6 Å². The predicted octanol–water partition coefficient (Wildman–Crippen LogP) is 4.96. The lowest BCUT2D eigenvalue weighted by molar-refractivity contribution is 0.0539. The fourth-order valence-corrected chi connectivity index (χ4v) is 4.56. The number of ether oxygens (including phenoxy) is 2. The van der Waals surface area contributed by atoms with Crippen molar-refractivity contribution < 1.29 is 23.9 Å². The van der Waals surface area contributed by atoms with Crippen molar-refractivity contribution in [1.29, 1.82) is 0 Å². The van der Waals surface area contributed by atoms with Gasteiger partial charge >= 0.3 is 6.09 Å². The van der Waals surface area contributed by atoms with Gasteiger partial charge in [-0.3, -0.25) is 14.9 Å². The lowest BCUT2D eigenvalue weighted by Crippen LogP contribution is -2.42. The molecule has 1 aliphatic heterocycles. The fraction of sp³-hybridized carbons (Fsp3) is 0.300. The Bertz CT molecular complexity index is 1260. The van der Waals surface area contributed by atoms with E-state index in [1.165, 1.54) is 7.11 Å². The molecule has 38 heavy (non-hydrogen) atoms. The summed E-state index contributed by atoms with van der Waals surface area (Å²) < 4.78 is 11.0. The van der Waals surface area contributed by atoms with Crippen LogP contribution in [-0.2, 0) is 4.74 Å². The average molecular weight is 516 g/mol. The van der Waals surface area contributed by atoms with Crippen LogP contribution in [0.2, 0.25) is 0 Å². The Kier molecular flexibility index (Phi) is 9.11. The Balaban J connectivity index is 1.23. The first kappa shape index (κ1) is 26.9. The second-order valence-corrected chi connectivity index (χ2v) is 9.29. The number of amides is 2. The number of likely N-dealkylation sites (N-methyl/N-ethyl adjacent to an activating group) is 1. The molecule has 0 spiro atoms. The van der Waals surface area contributed by atoms with Crippen LogP contribution in [-0.4, -0.2) is 74.5 Å². The number of carbonyl (C=O) groups is 3. The molecule has 4 rings (SSSR count). The van der Waals surface area contributed by atoms with E-state index in [4.69, 9.17) is 9.47 Å². The number of hydrogen-bond acceptors (Lipinski definition) is 6. The van der Waals surface area contributed by atoms with Crippen molar-refractivity contribution in [2.75, 3.05) is 45.7 Å². The number of carbonyl (C=O) groups excluding carboxylic acids is 3. The highest BCUT2D eigenvalue weighted by Crippen LogP contribution is 2.28. The van der Waals surface area contributed by atoms with Gasteiger partial charge in [0.15, 0.2) is 0 Å². The molecule has 1 fully saturated rings. The van der Waals surface area contributed by atoms with Crippen molar-refractivity contribution in [3.05, 3.63) is 83.9 Å². The molecule has 0 radical (unpaired) electrons. The molecule has 0 aliphatic carbocycles. The molecule has 0 atom stereocenters. The zero-order valence-electron chi connectivity index (χ0n) is 21.8. The second-order valence-electron chi connectivity index (χ2n) is 9.29. The quantitative estimate of drug-likeness (QED) is 0.405. The smallest absolute Gasteiger partial charge is 0.411 e. The highest BCUT2D eigenvalue weighted by Gasteiger charge is 2.24. The van der Waals surface area contributed by atoms with Gasteiger partial charge in [0.2, 0.25) is 0 Å². The number of likely N-dealkylation sites (tertiary alicyclic amines) is 1. The molecule has 1 heterocycles. The minimum absolute atomic E-state index is 0.157. The number of nitrogens with one attached hydrogen (secondary N) is 1. The fourth-order valence-electron chi connectivity index (χ4n) is 4.56. The standard InChI is InChI=1S/C30H33N3O5/c1-32(29(35)26-13-12-22(21-34)20-28(26)37-2)18-19-33-16-14-24(15-17-33)38-30(36)31-27-11-7-6-10-25(27)23-8-4-3-5-9-23/h3-13,20-21,24H,14-19H2,1-2H3,(H,31,36). The summed E-state index contributed by atoms with van der Waals surface area (Å²) in [6, 6.07) is 22.4. The molecule has 0 aromatic heterocycles. The molecule has 3 aromatic rings. The summed E-state index contributed by atoms with van der Waals surface area (Å²) in [4.78, 5) is 40.5. The monoisotopic (exact) mass is 515 g/mol. The van der Waals surface area contributed by atoms with E-state index in [0.29, 0.717) is 35.7 Å². The summed E-state index contributed by atoms with van der Waals surface area (Å²) >= 11 is 0. The number of hydrogen-bond donors (Lipinski definition) is 1. The first-order chi connectivity index (χ1) is 18.5. The molecule has 1 aliphatic rings. The molecule has 0 bridgehead atoms. The van der Waals surface area contributed by atoms with Crippen molar-refractivity contribution in [1.82, 2.24) is 9.80 Å². The highest BCUT2D eigenvalue weighted by molar-refractivity contribution is 5.97. The SMILES string of the molecule is COc1cc(C=O)ccc1C(=O)N(C)CCN1CCC(OC(=O)Nc2ccccc2-c2ccccc2)CC1. The van der Waals surface area contributed by atoms with E-state index < -0.39 is 6.09 Å². The Morgan fingerprint density at radius 1 is 1.03 bits per heavy atom. The van der Waals surface area contributed by atoms with E-state index in [2.05, 4.69) is 10.2 Å². The minimum Gasteiger partial charge on any atom is -0.496 e. The molecule has 8 nitrogen and oxygen atoms in total. The first-order valence-corrected chi connectivity index (χ1v) is 12.7. The largest absolute Gasteiger partial charge is 0.496 e. The average Bonchev–Trinajstić information content (AvgIpc) is 2.96. The van der Waals surface area contributed by atoms with Crippen LogP contribution in [0.15, 0.2) is 72.8 Å². The number of anilines is 1. The number of para-hydroxylation sites is 1. The maximum Gasteiger partial charge on any atom is 0.411 e. The third kappa shape index (κ3) is 6.77. The third-order valence-corrected chi connectivity index (χ3v) is 6.75. The summed E-state index contributed by atoms with van der Waals surface area (Å²) in [5.41, 5.74) is 3.56. The van der Waals surface area contributed by atoms with Gasteiger partial charge in [-0.1, -0.05) is 54.6 Å². The van der Waals surface area contributed by atoms with E-state index in [9.17, 15) is 14.4 Å². The maximum absolute atomic E-state index is 12.9. The second kappa shape index (κ2) is 12.9. The summed E-state index contributed by atoms with van der Waals surface area (Å²) in [6.45, 7) is 2.80. The number of benzene rings is 3. The van der Waals surface area contributed by atoms with Gasteiger partial charge in [0.05, 0.1) is 18.4 Å². The Morgan fingerprint density at radius 2 is 1.74 bits per heavy atom. The molecule has 198 valence electrons. The van der Waals surface area contributed by atoms with Crippen molar-refractivity contribution in [2.45, 2.75) is 18.9 Å². The van der Waals surface area contributed by atoms with Crippen LogP contribution in [0.3, 0.4) is 0 Å². The Hall–Kier alpha value is -4.17. The van der Waals surface area contributed by atoms with Crippen LogP contribution in [0.25, 0.3) is 11.1 Å². The van der Waals surface area contributed by atoms with E-state index in [-0.39, 0.29) is 12.0 Å². The molecule has 8 heteroatoms. The van der Waals surface area contributed by atoms with Crippen molar-refractivity contribution in [3.8, 4) is 16.9 Å². The third-order valence-electron chi connectivity index (χ3n) is 6.75. The number of piperidine rings is 1. The van der Waals surface area contributed by atoms with Crippen LogP contribution >= 0.6 is 0 Å². The van der Waals surface area contributed by atoms with Gasteiger partial charge in [-0.05, 0) is 36.6 Å². The molecular weight excluding hydrogens is 482 g/mol. The van der Waals surface area contributed by atoms with Gasteiger partial charge in [-0.2, -0.15) is 0 Å². The number of methoxy groups -OCH3 is 1. The number of nitrogens with zero attached hydrogens (tertiary/aromatic N) is 2. The lowest BCUT2D eigenvalue weighted by atomic mass is 10.0. The zero-order chi connectivity index (χ0) is 26.9. The lowest BCUT2D eigenvalue weighted by Gasteiger charge is -2.32. The van der Waals surface area contributed by atoms with Crippen LogP contribution < -0.4 is 10.1 Å². The Morgan fingerprint density at radius 3 is 2.45 bits per heavy atom. The molecule has 3 aromatic carbocycles. The first-order valence-electron chi connectivity index (χ1n) is 12.7. The molecule has 0 saturated carbocycles. The van der Waals surface area contributed by atoms with Crippen molar-refractivity contribution in [2.24, 2.45) is 0 Å². The number of rotatable bonds is 9. The summed E-state index contributed by atoms with van der Waals surface area (Å²) in [6.07, 6.45) is 1.57. The van der Waals surface area contributed by atoms with Crippen molar-refractivity contribution >= 4 is 24.0 Å². The van der Waals surface area contributed by atoms with Crippen LogP contribution in [0, 0.1) is 0 Å². The molecule has 2 amide bonds. The molecular formula is C30H33N3O5. The van der Waals surface area contributed by atoms with Gasteiger partial charge < -0.3 is 19.3 Å². The molecule has 1 saturated heterocycles. The van der Waals surface area contributed by atoms with Gasteiger partial charge in [0.25, 0.3) is 5.91 Å². The highest BCUT2D eigenvalue weighted by atomic mass is 16.6. The molecule has 0 unspecified atom stereocenters. The van der Waals surface area contributed by atoms with Crippen molar-refractivity contribution in [3.63, 3.8) is 0 Å². The Labute approximate surface area is 223 Å². The van der Waals surface area contributed by atoms with E-state index >= 15 is 0 Å². The normalized spacial score (nSPS) is 13.9. The van der Waals surface area contributed by atoms with Crippen LogP contribution in [0.1, 0.15) is 33.6 Å². The van der Waals surface area contributed by atoms with Gasteiger partial charge in [-0.25, -0.2) is 4.79 Å². The number of aldehydes is 1.